The third-order valence-corrected chi connectivity index (χ3v) is 5.32. The highest BCUT2D eigenvalue weighted by Crippen LogP contribution is 2.36. The summed E-state index contributed by atoms with van der Waals surface area (Å²) in [4.78, 5) is 25.3. The number of carboxylic acids is 1. The van der Waals surface area contributed by atoms with Crippen LogP contribution in [0.5, 0.6) is 17.2 Å². The maximum absolute atomic E-state index is 12.3. The molecule has 0 unspecified atom stereocenters. The summed E-state index contributed by atoms with van der Waals surface area (Å²) in [6.45, 7) is 3.69. The lowest BCUT2D eigenvalue weighted by Gasteiger charge is -2.29. The number of aryl methyl sites for hydroxylation is 1. The largest absolute Gasteiger partial charge is 0.481 e. The zero-order valence-electron chi connectivity index (χ0n) is 17.9. The van der Waals surface area contributed by atoms with Gasteiger partial charge in [-0.15, -0.1) is 0 Å². The van der Waals surface area contributed by atoms with E-state index in [0.717, 1.165) is 30.5 Å². The Hall–Kier alpha value is -2.87. The van der Waals surface area contributed by atoms with Gasteiger partial charge in [-0.3, -0.25) is 4.79 Å². The van der Waals surface area contributed by atoms with Gasteiger partial charge in [-0.2, -0.15) is 0 Å². The van der Waals surface area contributed by atoms with E-state index in [1.165, 1.54) is 25.9 Å². The SMILES string of the molecule is CSOc1ccc2c(c1)OCC(=O)N2CCCCc1ccc(OC(C)(C)C(=O)O)cc1. The number of hydrogen-bond donors (Lipinski definition) is 1. The molecule has 2 aromatic carbocycles. The molecule has 0 aliphatic carbocycles. The van der Waals surface area contributed by atoms with Crippen LogP contribution in [-0.2, 0) is 16.0 Å². The maximum atomic E-state index is 12.3. The molecular weight excluding hydrogens is 418 g/mol. The first-order chi connectivity index (χ1) is 14.8. The van der Waals surface area contributed by atoms with Crippen molar-refractivity contribution >= 4 is 29.6 Å². The second kappa shape index (κ2) is 9.96. The first kappa shape index (κ1) is 22.8. The Morgan fingerprint density at radius 3 is 2.55 bits per heavy atom. The van der Waals surface area contributed by atoms with Crippen LogP contribution in [0.15, 0.2) is 42.5 Å². The number of nitrogens with zero attached hydrogens (tertiary/aromatic N) is 1. The molecule has 0 atom stereocenters. The Balaban J connectivity index is 1.52. The van der Waals surface area contributed by atoms with Crippen molar-refractivity contribution in [3.05, 3.63) is 48.0 Å². The molecule has 3 rings (SSSR count). The summed E-state index contributed by atoms with van der Waals surface area (Å²) in [7, 11) is 0. The van der Waals surface area contributed by atoms with E-state index in [2.05, 4.69) is 0 Å². The molecule has 8 heteroatoms. The van der Waals surface area contributed by atoms with Gasteiger partial charge in [0.25, 0.3) is 5.91 Å². The molecule has 166 valence electrons. The number of amides is 1. The van der Waals surface area contributed by atoms with Crippen LogP contribution in [0, 0.1) is 0 Å². The van der Waals surface area contributed by atoms with E-state index in [1.54, 1.807) is 23.1 Å². The molecule has 0 radical (unpaired) electrons. The van der Waals surface area contributed by atoms with Gasteiger partial charge in [-0.25, -0.2) is 4.79 Å². The molecule has 0 bridgehead atoms. The lowest BCUT2D eigenvalue weighted by atomic mass is 10.1. The standard InChI is InChI=1S/C23H27NO6S/c1-23(2,22(26)27)29-17-9-7-16(8-10-17)6-4-5-13-24-19-12-11-18(30-31-3)14-20(19)28-15-21(24)25/h7-12,14H,4-6,13,15H2,1-3H3,(H,26,27). The summed E-state index contributed by atoms with van der Waals surface area (Å²) in [5, 5.41) is 9.16. The molecule has 2 aromatic rings. The maximum Gasteiger partial charge on any atom is 0.347 e. The van der Waals surface area contributed by atoms with Gasteiger partial charge >= 0.3 is 5.97 Å². The fourth-order valence-electron chi connectivity index (χ4n) is 3.24. The van der Waals surface area contributed by atoms with Gasteiger partial charge in [0.15, 0.2) is 12.2 Å². The summed E-state index contributed by atoms with van der Waals surface area (Å²) < 4.78 is 16.5. The average molecular weight is 446 g/mol. The van der Waals surface area contributed by atoms with Crippen molar-refractivity contribution in [2.45, 2.75) is 38.7 Å². The minimum Gasteiger partial charge on any atom is -0.481 e. The van der Waals surface area contributed by atoms with Gasteiger partial charge < -0.3 is 23.7 Å². The normalized spacial score (nSPS) is 13.4. The number of carbonyl (C=O) groups is 2. The van der Waals surface area contributed by atoms with E-state index in [9.17, 15) is 9.59 Å². The number of rotatable bonds is 10. The molecule has 0 spiro atoms. The van der Waals surface area contributed by atoms with Crippen LogP contribution in [0.3, 0.4) is 0 Å². The summed E-state index contributed by atoms with van der Waals surface area (Å²) >= 11 is 1.26. The molecule has 1 aliphatic rings. The van der Waals surface area contributed by atoms with Crippen molar-refractivity contribution in [3.8, 4) is 17.2 Å². The van der Waals surface area contributed by atoms with Crippen molar-refractivity contribution in [2.24, 2.45) is 0 Å². The van der Waals surface area contributed by atoms with Crippen LogP contribution in [0.2, 0.25) is 0 Å². The molecule has 1 amide bonds. The van der Waals surface area contributed by atoms with Crippen molar-refractivity contribution in [2.75, 3.05) is 24.3 Å². The molecule has 1 aliphatic heterocycles. The predicted octanol–water partition coefficient (Wildman–Crippen LogP) is 4.33. The number of unbranched alkanes of at least 4 members (excludes halogenated alkanes) is 1. The Bertz CT molecular complexity index is 928. The van der Waals surface area contributed by atoms with E-state index in [0.29, 0.717) is 23.8 Å². The van der Waals surface area contributed by atoms with E-state index < -0.39 is 11.6 Å². The minimum atomic E-state index is -1.27. The van der Waals surface area contributed by atoms with Gasteiger partial charge in [0.05, 0.1) is 17.7 Å². The number of benzene rings is 2. The van der Waals surface area contributed by atoms with Crippen LogP contribution < -0.4 is 18.6 Å². The Labute approximate surface area is 186 Å². The van der Waals surface area contributed by atoms with Crippen molar-refractivity contribution < 1.29 is 28.4 Å². The zero-order valence-corrected chi connectivity index (χ0v) is 18.7. The highest BCUT2D eigenvalue weighted by Gasteiger charge is 2.29. The van der Waals surface area contributed by atoms with E-state index in [-0.39, 0.29) is 12.5 Å². The molecule has 0 saturated heterocycles. The molecule has 31 heavy (non-hydrogen) atoms. The summed E-state index contributed by atoms with van der Waals surface area (Å²) in [6, 6.07) is 13.0. The highest BCUT2D eigenvalue weighted by atomic mass is 32.2. The van der Waals surface area contributed by atoms with Gasteiger partial charge in [0.1, 0.15) is 17.2 Å². The number of hydrogen-bond acceptors (Lipinski definition) is 6. The fraction of sp³-hybridized carbons (Fsp3) is 0.391. The molecule has 0 fully saturated rings. The van der Waals surface area contributed by atoms with Crippen LogP contribution >= 0.6 is 12.0 Å². The molecule has 0 saturated carbocycles. The smallest absolute Gasteiger partial charge is 0.347 e. The number of carboxylic acid groups (broad SMARTS) is 1. The molecular formula is C23H27NO6S. The zero-order chi connectivity index (χ0) is 22.4. The number of carbonyl (C=O) groups excluding carboxylic acids is 1. The first-order valence-electron chi connectivity index (χ1n) is 10.1. The third kappa shape index (κ3) is 5.85. The van der Waals surface area contributed by atoms with Gasteiger partial charge in [0.2, 0.25) is 0 Å². The number of ether oxygens (including phenoxy) is 2. The number of fused-ring (bicyclic) bond motifs is 1. The Kier molecular flexibility index (Phi) is 7.33. The summed E-state index contributed by atoms with van der Waals surface area (Å²) in [5.74, 6) is 0.819. The number of aliphatic carboxylic acids is 1. The molecule has 1 heterocycles. The van der Waals surface area contributed by atoms with E-state index >= 15 is 0 Å². The van der Waals surface area contributed by atoms with Gasteiger partial charge in [-0.1, -0.05) is 12.1 Å². The van der Waals surface area contributed by atoms with Gasteiger partial charge in [0, 0.05) is 18.9 Å². The van der Waals surface area contributed by atoms with E-state index in [1.807, 2.05) is 30.5 Å². The van der Waals surface area contributed by atoms with Gasteiger partial charge in [-0.05, 0) is 62.9 Å². The molecule has 0 aromatic heterocycles. The quantitative estimate of drug-likeness (QED) is 0.430. The molecule has 7 nitrogen and oxygen atoms in total. The second-order valence-electron chi connectivity index (χ2n) is 7.73. The summed E-state index contributed by atoms with van der Waals surface area (Å²) in [6.07, 6.45) is 4.45. The van der Waals surface area contributed by atoms with Crippen LogP contribution in [0.4, 0.5) is 5.69 Å². The topological polar surface area (TPSA) is 85.3 Å². The third-order valence-electron chi connectivity index (χ3n) is 4.96. The fourth-order valence-corrected chi connectivity index (χ4v) is 3.54. The summed E-state index contributed by atoms with van der Waals surface area (Å²) in [5.41, 5.74) is 0.630. The Morgan fingerprint density at radius 2 is 1.87 bits per heavy atom. The lowest BCUT2D eigenvalue weighted by molar-refractivity contribution is -0.152. The number of anilines is 1. The minimum absolute atomic E-state index is 0.0316. The van der Waals surface area contributed by atoms with Crippen molar-refractivity contribution in [1.29, 1.82) is 0 Å². The molecule has 1 N–H and O–H groups in total. The average Bonchev–Trinajstić information content (AvgIpc) is 2.73. The predicted molar refractivity (Wildman–Crippen MR) is 120 cm³/mol. The van der Waals surface area contributed by atoms with Crippen molar-refractivity contribution in [1.82, 2.24) is 0 Å². The highest BCUT2D eigenvalue weighted by molar-refractivity contribution is 7.94. The first-order valence-corrected chi connectivity index (χ1v) is 11.2. The van der Waals surface area contributed by atoms with Crippen molar-refractivity contribution in [3.63, 3.8) is 0 Å². The van der Waals surface area contributed by atoms with Crippen LogP contribution in [-0.4, -0.2) is 42.0 Å². The lowest BCUT2D eigenvalue weighted by Crippen LogP contribution is -2.39. The van der Waals surface area contributed by atoms with Crippen LogP contribution in [0.25, 0.3) is 0 Å². The van der Waals surface area contributed by atoms with Crippen LogP contribution in [0.1, 0.15) is 32.3 Å². The Morgan fingerprint density at radius 1 is 1.16 bits per heavy atom. The second-order valence-corrected chi connectivity index (χ2v) is 8.23. The monoisotopic (exact) mass is 445 g/mol. The van der Waals surface area contributed by atoms with E-state index in [4.69, 9.17) is 18.8 Å².